The molecule has 0 radical (unpaired) electrons. The Labute approximate surface area is 97.8 Å². The lowest BCUT2D eigenvalue weighted by atomic mass is 10.1. The van der Waals surface area contributed by atoms with Gasteiger partial charge in [-0.15, -0.1) is 0 Å². The van der Waals surface area contributed by atoms with E-state index >= 15 is 0 Å². The van der Waals surface area contributed by atoms with Crippen LogP contribution in [0, 0.1) is 6.92 Å². The summed E-state index contributed by atoms with van der Waals surface area (Å²) in [4.78, 5) is 0. The lowest BCUT2D eigenvalue weighted by Gasteiger charge is -2.05. The highest BCUT2D eigenvalue weighted by atomic mass is 32.2. The molecule has 16 heavy (non-hydrogen) atoms. The standard InChI is InChI=1S/C12H19NO2S/c1-3-16(14,15)9-8-13-10-12-6-4-11(2)5-7-12/h4-7,13H,3,8-10H2,1-2H3. The fourth-order valence-electron chi connectivity index (χ4n) is 1.31. The molecular formula is C12H19NO2S. The molecular weight excluding hydrogens is 222 g/mol. The first-order chi connectivity index (χ1) is 7.53. The molecule has 1 aromatic rings. The van der Waals surface area contributed by atoms with Gasteiger partial charge in [-0.1, -0.05) is 36.8 Å². The number of rotatable bonds is 6. The monoisotopic (exact) mass is 241 g/mol. The van der Waals surface area contributed by atoms with Crippen LogP contribution in [0.4, 0.5) is 0 Å². The van der Waals surface area contributed by atoms with Crippen molar-refractivity contribution in [1.29, 1.82) is 0 Å². The Kier molecular flexibility index (Phi) is 4.96. The lowest BCUT2D eigenvalue weighted by Crippen LogP contribution is -2.23. The fourth-order valence-corrected chi connectivity index (χ4v) is 2.05. The van der Waals surface area contributed by atoms with E-state index in [9.17, 15) is 8.42 Å². The molecule has 0 amide bonds. The largest absolute Gasteiger partial charge is 0.312 e. The Bertz CT molecular complexity index is 409. The van der Waals surface area contributed by atoms with E-state index in [2.05, 4.69) is 29.6 Å². The quantitative estimate of drug-likeness (QED) is 0.768. The first-order valence-electron chi connectivity index (χ1n) is 5.50. The highest BCUT2D eigenvalue weighted by Crippen LogP contribution is 2.02. The van der Waals surface area contributed by atoms with Crippen LogP contribution in [0.1, 0.15) is 18.1 Å². The summed E-state index contributed by atoms with van der Waals surface area (Å²) < 4.78 is 22.4. The molecule has 0 saturated carbocycles. The van der Waals surface area contributed by atoms with E-state index in [-0.39, 0.29) is 11.5 Å². The molecule has 0 aliphatic heterocycles. The molecule has 0 aromatic heterocycles. The maximum Gasteiger partial charge on any atom is 0.151 e. The molecule has 1 N–H and O–H groups in total. The van der Waals surface area contributed by atoms with E-state index in [0.29, 0.717) is 6.54 Å². The summed E-state index contributed by atoms with van der Waals surface area (Å²) >= 11 is 0. The first-order valence-corrected chi connectivity index (χ1v) is 7.32. The van der Waals surface area contributed by atoms with Gasteiger partial charge in [-0.2, -0.15) is 0 Å². The Morgan fingerprint density at radius 2 is 1.81 bits per heavy atom. The van der Waals surface area contributed by atoms with Crippen molar-refractivity contribution in [1.82, 2.24) is 5.32 Å². The molecule has 0 atom stereocenters. The van der Waals surface area contributed by atoms with Crippen molar-refractivity contribution in [3.63, 3.8) is 0 Å². The van der Waals surface area contributed by atoms with E-state index in [1.165, 1.54) is 11.1 Å². The normalized spacial score (nSPS) is 11.6. The minimum absolute atomic E-state index is 0.218. The van der Waals surface area contributed by atoms with E-state index in [1.807, 2.05) is 6.92 Å². The molecule has 1 rings (SSSR count). The summed E-state index contributed by atoms with van der Waals surface area (Å²) in [5.74, 6) is 0.439. The van der Waals surface area contributed by atoms with Gasteiger partial charge in [0, 0.05) is 18.8 Å². The van der Waals surface area contributed by atoms with Crippen molar-refractivity contribution in [2.24, 2.45) is 0 Å². The smallest absolute Gasteiger partial charge is 0.151 e. The highest BCUT2D eigenvalue weighted by molar-refractivity contribution is 7.91. The van der Waals surface area contributed by atoms with Crippen molar-refractivity contribution in [2.75, 3.05) is 18.1 Å². The van der Waals surface area contributed by atoms with E-state index in [4.69, 9.17) is 0 Å². The van der Waals surface area contributed by atoms with Crippen LogP contribution in [0.5, 0.6) is 0 Å². The summed E-state index contributed by atoms with van der Waals surface area (Å²) in [6.45, 7) is 4.96. The molecule has 0 unspecified atom stereocenters. The van der Waals surface area contributed by atoms with Gasteiger partial charge in [-0.3, -0.25) is 0 Å². The first kappa shape index (κ1) is 13.2. The summed E-state index contributed by atoms with van der Waals surface area (Å²) in [5, 5.41) is 3.13. The van der Waals surface area contributed by atoms with Gasteiger partial charge in [0.15, 0.2) is 9.84 Å². The van der Waals surface area contributed by atoms with Crippen LogP contribution in [0.25, 0.3) is 0 Å². The molecule has 0 saturated heterocycles. The van der Waals surface area contributed by atoms with Crippen molar-refractivity contribution in [3.05, 3.63) is 35.4 Å². The number of benzene rings is 1. The van der Waals surface area contributed by atoms with Crippen LogP contribution in [0.3, 0.4) is 0 Å². The molecule has 0 aliphatic rings. The van der Waals surface area contributed by atoms with Crippen LogP contribution >= 0.6 is 0 Å². The van der Waals surface area contributed by atoms with Crippen molar-refractivity contribution in [2.45, 2.75) is 20.4 Å². The van der Waals surface area contributed by atoms with Gasteiger partial charge >= 0.3 is 0 Å². The zero-order valence-corrected chi connectivity index (χ0v) is 10.7. The fraction of sp³-hybridized carbons (Fsp3) is 0.500. The third-order valence-electron chi connectivity index (χ3n) is 2.48. The average molecular weight is 241 g/mol. The Hall–Kier alpha value is -0.870. The molecule has 3 nitrogen and oxygen atoms in total. The maximum absolute atomic E-state index is 11.2. The Balaban J connectivity index is 2.29. The van der Waals surface area contributed by atoms with Crippen LogP contribution in [0.2, 0.25) is 0 Å². The number of nitrogens with one attached hydrogen (secondary N) is 1. The highest BCUT2D eigenvalue weighted by Gasteiger charge is 2.05. The molecule has 0 bridgehead atoms. The van der Waals surface area contributed by atoms with Gasteiger partial charge in [-0.05, 0) is 12.5 Å². The van der Waals surface area contributed by atoms with Gasteiger partial charge in [0.2, 0.25) is 0 Å². The number of sulfone groups is 1. The summed E-state index contributed by atoms with van der Waals surface area (Å²) in [6.07, 6.45) is 0. The Morgan fingerprint density at radius 3 is 2.38 bits per heavy atom. The topological polar surface area (TPSA) is 46.2 Å². The third-order valence-corrected chi connectivity index (χ3v) is 4.19. The number of hydrogen-bond donors (Lipinski definition) is 1. The molecule has 0 aliphatic carbocycles. The second-order valence-corrected chi connectivity index (χ2v) is 6.37. The minimum atomic E-state index is -2.84. The zero-order valence-electron chi connectivity index (χ0n) is 9.86. The summed E-state index contributed by atoms with van der Waals surface area (Å²) in [5.41, 5.74) is 2.41. The SMILES string of the molecule is CCS(=O)(=O)CCNCc1ccc(C)cc1. The molecule has 0 fully saturated rings. The maximum atomic E-state index is 11.2. The van der Waals surface area contributed by atoms with E-state index in [1.54, 1.807) is 6.92 Å². The minimum Gasteiger partial charge on any atom is -0.312 e. The van der Waals surface area contributed by atoms with E-state index < -0.39 is 9.84 Å². The number of aryl methyl sites for hydroxylation is 1. The molecule has 1 aromatic carbocycles. The molecule has 0 spiro atoms. The van der Waals surface area contributed by atoms with Gasteiger partial charge in [0.25, 0.3) is 0 Å². The summed E-state index contributed by atoms with van der Waals surface area (Å²) in [7, 11) is -2.84. The molecule has 90 valence electrons. The number of hydrogen-bond acceptors (Lipinski definition) is 3. The van der Waals surface area contributed by atoms with Crippen molar-refractivity contribution in [3.8, 4) is 0 Å². The van der Waals surface area contributed by atoms with E-state index in [0.717, 1.165) is 6.54 Å². The third kappa shape index (κ3) is 4.77. The molecule has 4 heteroatoms. The van der Waals surface area contributed by atoms with Crippen LogP contribution < -0.4 is 5.32 Å². The van der Waals surface area contributed by atoms with Gasteiger partial charge in [-0.25, -0.2) is 8.42 Å². The predicted molar refractivity (Wildman–Crippen MR) is 67.2 cm³/mol. The Morgan fingerprint density at radius 1 is 1.19 bits per heavy atom. The van der Waals surface area contributed by atoms with Gasteiger partial charge in [0.1, 0.15) is 0 Å². The second kappa shape index (κ2) is 6.01. The van der Waals surface area contributed by atoms with Crippen molar-refractivity contribution < 1.29 is 8.42 Å². The van der Waals surface area contributed by atoms with Crippen LogP contribution in [-0.2, 0) is 16.4 Å². The zero-order chi connectivity index (χ0) is 12.0. The van der Waals surface area contributed by atoms with Crippen LogP contribution in [-0.4, -0.2) is 26.5 Å². The average Bonchev–Trinajstić information content (AvgIpc) is 2.27. The predicted octanol–water partition coefficient (Wildman–Crippen LogP) is 1.52. The molecule has 0 heterocycles. The van der Waals surface area contributed by atoms with Gasteiger partial charge < -0.3 is 5.32 Å². The van der Waals surface area contributed by atoms with Crippen molar-refractivity contribution >= 4 is 9.84 Å². The summed E-state index contributed by atoms with van der Waals surface area (Å²) in [6, 6.07) is 8.22. The van der Waals surface area contributed by atoms with Gasteiger partial charge in [0.05, 0.1) is 5.75 Å². The second-order valence-electron chi connectivity index (χ2n) is 3.90. The van der Waals surface area contributed by atoms with Crippen LogP contribution in [0.15, 0.2) is 24.3 Å². The lowest BCUT2D eigenvalue weighted by molar-refractivity contribution is 0.592.